The van der Waals surface area contributed by atoms with Gasteiger partial charge in [0.05, 0.1) is 11.6 Å². The second-order valence-corrected chi connectivity index (χ2v) is 9.15. The molecule has 0 aliphatic carbocycles. The van der Waals surface area contributed by atoms with Crippen LogP contribution in [0.25, 0.3) is 0 Å². The fourth-order valence-electron chi connectivity index (χ4n) is 2.17. The van der Waals surface area contributed by atoms with Crippen molar-refractivity contribution >= 4 is 31.3 Å². The van der Waals surface area contributed by atoms with Crippen molar-refractivity contribution in [2.75, 3.05) is 6.16 Å². The first kappa shape index (κ1) is 21.2. The summed E-state index contributed by atoms with van der Waals surface area (Å²) in [6.07, 6.45) is -0.944. The number of carboxylic acids is 2. The predicted octanol–water partition coefficient (Wildman–Crippen LogP) is 3.04. The first-order chi connectivity index (χ1) is 11.4. The van der Waals surface area contributed by atoms with Gasteiger partial charge in [-0.1, -0.05) is 32.9 Å². The number of aliphatic carboxylic acids is 2. The van der Waals surface area contributed by atoms with E-state index in [1.807, 2.05) is 39.0 Å². The van der Waals surface area contributed by atoms with Crippen molar-refractivity contribution in [1.29, 1.82) is 0 Å². The summed E-state index contributed by atoms with van der Waals surface area (Å²) in [5.74, 6) is -2.53. The minimum absolute atomic E-state index is 0.0819. The van der Waals surface area contributed by atoms with Crippen LogP contribution in [-0.2, 0) is 15.0 Å². The highest BCUT2D eigenvalue weighted by Crippen LogP contribution is 2.49. The Kier molecular flexibility index (Phi) is 7.23. The molecule has 138 valence electrons. The van der Waals surface area contributed by atoms with Crippen LogP contribution in [0.4, 0.5) is 5.69 Å². The summed E-state index contributed by atoms with van der Waals surface area (Å²) in [5.41, 5.74) is 1.49. The standard InChI is InChI=1S/C17H24NO6P/c1-17(2,3)13-5-4-6-14(9-13)18-11-25(23,24)10-12(16(21)22)7-8-15(19)20/h4-6,9,11-12,23-24H,7-8,10H2,1-3H3,(H-,19,20,21,22)/p+1. The number of carbonyl (C=O) groups is 2. The number of benzene rings is 1. The minimum atomic E-state index is -3.70. The monoisotopic (exact) mass is 370 g/mol. The van der Waals surface area contributed by atoms with E-state index in [-0.39, 0.29) is 18.3 Å². The Labute approximate surface area is 147 Å². The van der Waals surface area contributed by atoms with Crippen LogP contribution in [0, 0.1) is 5.92 Å². The van der Waals surface area contributed by atoms with E-state index in [4.69, 9.17) is 10.2 Å². The van der Waals surface area contributed by atoms with Gasteiger partial charge in [-0.2, -0.15) is 0 Å². The first-order valence-corrected chi connectivity index (χ1v) is 9.79. The van der Waals surface area contributed by atoms with E-state index in [2.05, 4.69) is 4.99 Å². The molecule has 7 nitrogen and oxygen atoms in total. The molecule has 0 amide bonds. The van der Waals surface area contributed by atoms with Gasteiger partial charge in [0.15, 0.2) is 0 Å². The second-order valence-electron chi connectivity index (χ2n) is 6.98. The van der Waals surface area contributed by atoms with Gasteiger partial charge in [0, 0.05) is 6.42 Å². The Bertz CT molecular complexity index is 651. The van der Waals surface area contributed by atoms with Crippen LogP contribution >= 0.6 is 7.72 Å². The number of hydrogen-bond donors (Lipinski definition) is 4. The summed E-state index contributed by atoms with van der Waals surface area (Å²) in [7, 11) is -3.70. The van der Waals surface area contributed by atoms with Crippen LogP contribution in [0.5, 0.6) is 0 Å². The molecular weight excluding hydrogens is 345 g/mol. The molecule has 0 radical (unpaired) electrons. The topological polar surface area (TPSA) is 127 Å². The van der Waals surface area contributed by atoms with Gasteiger partial charge in [-0.15, -0.1) is 0 Å². The second kappa shape index (κ2) is 8.52. The van der Waals surface area contributed by atoms with Gasteiger partial charge >= 0.3 is 19.7 Å². The van der Waals surface area contributed by atoms with Gasteiger partial charge in [-0.05, 0) is 29.5 Å². The van der Waals surface area contributed by atoms with E-state index in [1.54, 1.807) is 6.07 Å². The molecule has 0 bridgehead atoms. The third-order valence-corrected chi connectivity index (χ3v) is 5.11. The van der Waals surface area contributed by atoms with Crippen molar-refractivity contribution in [2.24, 2.45) is 10.9 Å². The van der Waals surface area contributed by atoms with Crippen molar-refractivity contribution in [3.63, 3.8) is 0 Å². The molecule has 1 aromatic carbocycles. The maximum absolute atomic E-state index is 11.2. The molecule has 0 fully saturated rings. The summed E-state index contributed by atoms with van der Waals surface area (Å²) in [6.45, 7) is 6.14. The van der Waals surface area contributed by atoms with E-state index in [9.17, 15) is 19.4 Å². The van der Waals surface area contributed by atoms with Crippen LogP contribution < -0.4 is 0 Å². The molecule has 0 aliphatic heterocycles. The highest BCUT2D eigenvalue weighted by Gasteiger charge is 2.38. The maximum atomic E-state index is 11.2. The van der Waals surface area contributed by atoms with E-state index < -0.39 is 31.7 Å². The number of aliphatic imine (C=N–C) groups is 1. The van der Waals surface area contributed by atoms with E-state index in [0.717, 1.165) is 11.5 Å². The van der Waals surface area contributed by atoms with Crippen molar-refractivity contribution < 1.29 is 29.6 Å². The SMILES string of the molecule is CC(C)(C)c1cccc(N=C[P+](O)(O)CC(CCC(=O)O)C(=O)O)c1. The van der Waals surface area contributed by atoms with Crippen molar-refractivity contribution in [3.8, 4) is 0 Å². The largest absolute Gasteiger partial charge is 0.481 e. The predicted molar refractivity (Wildman–Crippen MR) is 97.5 cm³/mol. The Morgan fingerprint density at radius 2 is 1.88 bits per heavy atom. The van der Waals surface area contributed by atoms with Crippen molar-refractivity contribution in [1.82, 2.24) is 0 Å². The minimum Gasteiger partial charge on any atom is -0.481 e. The molecule has 1 rings (SSSR count). The highest BCUT2D eigenvalue weighted by atomic mass is 31.2. The fourth-order valence-corrected chi connectivity index (χ4v) is 3.57. The highest BCUT2D eigenvalue weighted by molar-refractivity contribution is 7.79. The maximum Gasteiger partial charge on any atom is 0.312 e. The molecule has 1 aromatic rings. The lowest BCUT2D eigenvalue weighted by atomic mass is 9.87. The van der Waals surface area contributed by atoms with Crippen LogP contribution in [0.1, 0.15) is 39.2 Å². The summed E-state index contributed by atoms with van der Waals surface area (Å²) >= 11 is 0. The van der Waals surface area contributed by atoms with Gasteiger partial charge in [0.1, 0.15) is 6.16 Å². The smallest absolute Gasteiger partial charge is 0.312 e. The third kappa shape index (κ3) is 7.73. The molecule has 0 saturated carbocycles. The molecule has 8 heteroatoms. The molecule has 1 unspecified atom stereocenters. The third-order valence-electron chi connectivity index (χ3n) is 3.65. The summed E-state index contributed by atoms with van der Waals surface area (Å²) in [4.78, 5) is 46.0. The van der Waals surface area contributed by atoms with Crippen LogP contribution in [0.15, 0.2) is 29.3 Å². The molecule has 25 heavy (non-hydrogen) atoms. The quantitative estimate of drug-likeness (QED) is 0.411. The zero-order valence-corrected chi connectivity index (χ0v) is 15.5. The summed E-state index contributed by atoms with van der Waals surface area (Å²) in [5, 5.41) is 17.8. The lowest BCUT2D eigenvalue weighted by Gasteiger charge is -2.19. The Morgan fingerprint density at radius 1 is 1.24 bits per heavy atom. The van der Waals surface area contributed by atoms with Crippen LogP contribution in [0.2, 0.25) is 0 Å². The molecule has 0 spiro atoms. The van der Waals surface area contributed by atoms with Gasteiger partial charge in [0.25, 0.3) is 0 Å². The van der Waals surface area contributed by atoms with Gasteiger partial charge in [-0.25, -0.2) is 14.8 Å². The average molecular weight is 370 g/mol. The number of carboxylic acid groups (broad SMARTS) is 2. The van der Waals surface area contributed by atoms with E-state index in [0.29, 0.717) is 5.69 Å². The van der Waals surface area contributed by atoms with E-state index >= 15 is 0 Å². The van der Waals surface area contributed by atoms with Crippen LogP contribution in [0.3, 0.4) is 0 Å². The first-order valence-electron chi connectivity index (χ1n) is 7.84. The molecule has 0 heterocycles. The normalized spacial score (nSPS) is 13.8. The number of hydrogen-bond acceptors (Lipinski definition) is 5. The zero-order valence-electron chi connectivity index (χ0n) is 14.6. The fraction of sp³-hybridized carbons (Fsp3) is 0.471. The summed E-state index contributed by atoms with van der Waals surface area (Å²) < 4.78 is 0. The van der Waals surface area contributed by atoms with Gasteiger partial charge < -0.3 is 10.2 Å². The molecule has 1 atom stereocenters. The Hall–Kier alpha value is -1.82. The zero-order chi connectivity index (χ0) is 19.3. The molecular formula is C17H25NO6P+. The van der Waals surface area contributed by atoms with Crippen molar-refractivity contribution in [2.45, 2.75) is 39.0 Å². The van der Waals surface area contributed by atoms with Gasteiger partial charge in [0.2, 0.25) is 5.96 Å². The molecule has 0 aliphatic rings. The Balaban J connectivity index is 2.86. The van der Waals surface area contributed by atoms with E-state index in [1.165, 1.54) is 0 Å². The average Bonchev–Trinajstić information content (AvgIpc) is 2.48. The number of rotatable bonds is 8. The molecule has 4 N–H and O–H groups in total. The summed E-state index contributed by atoms with van der Waals surface area (Å²) in [6, 6.07) is 7.31. The molecule has 0 saturated heterocycles. The molecule has 0 aromatic heterocycles. The van der Waals surface area contributed by atoms with Gasteiger partial charge in [-0.3, -0.25) is 9.59 Å². The Morgan fingerprint density at radius 3 is 2.40 bits per heavy atom. The lowest BCUT2D eigenvalue weighted by Crippen LogP contribution is -2.21. The van der Waals surface area contributed by atoms with Crippen molar-refractivity contribution in [3.05, 3.63) is 29.8 Å². The van der Waals surface area contributed by atoms with Crippen LogP contribution in [-0.4, -0.2) is 44.1 Å². The lowest BCUT2D eigenvalue weighted by molar-refractivity contribution is -0.142. The number of nitrogens with zero attached hydrogens (tertiary/aromatic N) is 1.